The zero-order valence-electron chi connectivity index (χ0n) is 12.7. The van der Waals surface area contributed by atoms with Gasteiger partial charge in [0, 0.05) is 31.1 Å². The van der Waals surface area contributed by atoms with Crippen LogP contribution in [-0.4, -0.2) is 33.9 Å². The standard InChI is InChI=1S/C16H21N3OS/c1-10(2)8-19-9-12(7-14(19)20)16-17-11(3)15(18-16)13-5-4-6-21-13/h4-6,10,12H,7-9H2,1-3H3,(H,17,18)/t12-/m0/s1. The second kappa shape index (κ2) is 5.64. The molecule has 0 bridgehead atoms. The molecular weight excluding hydrogens is 282 g/mol. The maximum atomic E-state index is 12.1. The number of nitrogens with zero attached hydrogens (tertiary/aromatic N) is 2. The second-order valence-electron chi connectivity index (χ2n) is 6.17. The van der Waals surface area contributed by atoms with Crippen LogP contribution in [0, 0.1) is 12.8 Å². The molecule has 3 heterocycles. The Kier molecular flexibility index (Phi) is 3.85. The smallest absolute Gasteiger partial charge is 0.223 e. The van der Waals surface area contributed by atoms with Gasteiger partial charge in [-0.15, -0.1) is 11.3 Å². The number of aryl methyl sites for hydroxylation is 1. The summed E-state index contributed by atoms with van der Waals surface area (Å²) in [5.74, 6) is 1.91. The van der Waals surface area contributed by atoms with Crippen molar-refractivity contribution < 1.29 is 4.79 Å². The number of hydrogen-bond donors (Lipinski definition) is 1. The number of hydrogen-bond acceptors (Lipinski definition) is 3. The molecule has 1 N–H and O–H groups in total. The Bertz CT molecular complexity index is 630. The molecule has 0 saturated carbocycles. The number of likely N-dealkylation sites (tertiary alicyclic amines) is 1. The predicted molar refractivity (Wildman–Crippen MR) is 85.4 cm³/mol. The third-order valence-corrected chi connectivity index (χ3v) is 4.72. The molecule has 2 aromatic heterocycles. The van der Waals surface area contributed by atoms with Gasteiger partial charge in [0.1, 0.15) is 11.5 Å². The van der Waals surface area contributed by atoms with E-state index in [1.165, 1.54) is 4.88 Å². The van der Waals surface area contributed by atoms with Crippen molar-refractivity contribution in [3.05, 3.63) is 29.0 Å². The van der Waals surface area contributed by atoms with Crippen LogP contribution in [0.15, 0.2) is 17.5 Å². The summed E-state index contributed by atoms with van der Waals surface area (Å²) in [4.78, 5) is 23.4. The SMILES string of the molecule is Cc1[nH]c([C@H]2CC(=O)N(CC(C)C)C2)nc1-c1cccs1. The Labute approximate surface area is 129 Å². The minimum atomic E-state index is 0.198. The highest BCUT2D eigenvalue weighted by Gasteiger charge is 2.33. The molecule has 0 spiro atoms. The van der Waals surface area contributed by atoms with E-state index >= 15 is 0 Å². The summed E-state index contributed by atoms with van der Waals surface area (Å²) in [6, 6.07) is 4.12. The summed E-state index contributed by atoms with van der Waals surface area (Å²) in [5, 5.41) is 2.06. The fourth-order valence-electron chi connectivity index (χ4n) is 2.90. The minimum Gasteiger partial charge on any atom is -0.345 e. The van der Waals surface area contributed by atoms with Gasteiger partial charge in [-0.3, -0.25) is 4.79 Å². The first kappa shape index (κ1) is 14.3. The van der Waals surface area contributed by atoms with Crippen LogP contribution in [-0.2, 0) is 4.79 Å². The Morgan fingerprint density at radius 2 is 2.33 bits per heavy atom. The zero-order chi connectivity index (χ0) is 15.0. The fraction of sp³-hybridized carbons (Fsp3) is 0.500. The van der Waals surface area contributed by atoms with Crippen molar-refractivity contribution in [2.24, 2.45) is 5.92 Å². The molecule has 3 rings (SSSR count). The van der Waals surface area contributed by atoms with Gasteiger partial charge in [-0.2, -0.15) is 0 Å². The molecule has 1 atom stereocenters. The van der Waals surface area contributed by atoms with Crippen LogP contribution in [0.4, 0.5) is 0 Å². The van der Waals surface area contributed by atoms with Crippen LogP contribution in [0.25, 0.3) is 10.6 Å². The van der Waals surface area contributed by atoms with Gasteiger partial charge in [-0.25, -0.2) is 4.98 Å². The number of carbonyl (C=O) groups excluding carboxylic acids is 1. The predicted octanol–water partition coefficient (Wildman–Crippen LogP) is 3.42. The molecule has 21 heavy (non-hydrogen) atoms. The maximum absolute atomic E-state index is 12.1. The maximum Gasteiger partial charge on any atom is 0.223 e. The van der Waals surface area contributed by atoms with Crippen molar-refractivity contribution in [2.75, 3.05) is 13.1 Å². The van der Waals surface area contributed by atoms with Gasteiger partial charge in [0.2, 0.25) is 5.91 Å². The molecule has 1 aliphatic rings. The van der Waals surface area contributed by atoms with Gasteiger partial charge >= 0.3 is 0 Å². The van der Waals surface area contributed by atoms with E-state index < -0.39 is 0 Å². The van der Waals surface area contributed by atoms with Crippen molar-refractivity contribution in [1.29, 1.82) is 0 Å². The van der Waals surface area contributed by atoms with E-state index in [9.17, 15) is 4.79 Å². The topological polar surface area (TPSA) is 49.0 Å². The average molecular weight is 303 g/mol. The number of aromatic amines is 1. The molecule has 2 aromatic rings. The van der Waals surface area contributed by atoms with E-state index in [1.807, 2.05) is 17.9 Å². The summed E-state index contributed by atoms with van der Waals surface area (Å²) in [5.41, 5.74) is 2.11. The number of carbonyl (C=O) groups is 1. The zero-order valence-corrected chi connectivity index (χ0v) is 13.5. The number of imidazole rings is 1. The van der Waals surface area contributed by atoms with Crippen LogP contribution in [0.5, 0.6) is 0 Å². The number of amides is 1. The summed E-state index contributed by atoms with van der Waals surface area (Å²) in [6.07, 6.45) is 0.573. The van der Waals surface area contributed by atoms with Gasteiger partial charge in [-0.1, -0.05) is 19.9 Å². The number of aromatic nitrogens is 2. The third-order valence-electron chi connectivity index (χ3n) is 3.84. The highest BCUT2D eigenvalue weighted by atomic mass is 32.1. The van der Waals surface area contributed by atoms with Crippen LogP contribution in [0.1, 0.15) is 37.7 Å². The van der Waals surface area contributed by atoms with Crippen LogP contribution in [0.2, 0.25) is 0 Å². The lowest BCUT2D eigenvalue weighted by atomic mass is 10.1. The molecule has 1 saturated heterocycles. The molecular formula is C16H21N3OS. The molecule has 1 aliphatic heterocycles. The first-order chi connectivity index (χ1) is 10.0. The molecule has 0 aliphatic carbocycles. The number of H-pyrrole nitrogens is 1. The van der Waals surface area contributed by atoms with E-state index in [2.05, 4.69) is 30.3 Å². The second-order valence-corrected chi connectivity index (χ2v) is 7.11. The molecule has 0 radical (unpaired) electrons. The Balaban J connectivity index is 1.80. The van der Waals surface area contributed by atoms with Crippen molar-refractivity contribution in [3.8, 4) is 10.6 Å². The van der Waals surface area contributed by atoms with Crippen molar-refractivity contribution in [3.63, 3.8) is 0 Å². The molecule has 0 unspecified atom stereocenters. The van der Waals surface area contributed by atoms with Gasteiger partial charge in [0.25, 0.3) is 0 Å². The van der Waals surface area contributed by atoms with Gasteiger partial charge in [-0.05, 0) is 24.3 Å². The van der Waals surface area contributed by atoms with Gasteiger partial charge < -0.3 is 9.88 Å². The van der Waals surface area contributed by atoms with E-state index in [1.54, 1.807) is 11.3 Å². The Morgan fingerprint density at radius 3 is 3.00 bits per heavy atom. The highest BCUT2D eigenvalue weighted by Crippen LogP contribution is 2.31. The summed E-state index contributed by atoms with van der Waals surface area (Å²) in [7, 11) is 0. The molecule has 5 heteroatoms. The normalized spacial score (nSPS) is 19.0. The monoisotopic (exact) mass is 303 g/mol. The summed E-state index contributed by atoms with van der Waals surface area (Å²) >= 11 is 1.70. The third kappa shape index (κ3) is 2.88. The first-order valence-corrected chi connectivity index (χ1v) is 8.30. The fourth-order valence-corrected chi connectivity index (χ4v) is 3.67. The van der Waals surface area contributed by atoms with Crippen LogP contribution < -0.4 is 0 Å². The molecule has 112 valence electrons. The molecule has 1 fully saturated rings. The lowest BCUT2D eigenvalue weighted by molar-refractivity contribution is -0.128. The highest BCUT2D eigenvalue weighted by molar-refractivity contribution is 7.13. The Hall–Kier alpha value is -1.62. The van der Waals surface area contributed by atoms with Gasteiger partial charge in [0.15, 0.2) is 0 Å². The van der Waals surface area contributed by atoms with Crippen molar-refractivity contribution in [1.82, 2.24) is 14.9 Å². The number of rotatable bonds is 4. The molecule has 0 aromatic carbocycles. The molecule has 1 amide bonds. The lowest BCUT2D eigenvalue weighted by Gasteiger charge is -2.18. The van der Waals surface area contributed by atoms with Crippen molar-refractivity contribution >= 4 is 17.2 Å². The van der Waals surface area contributed by atoms with Gasteiger partial charge in [0.05, 0.1) is 4.88 Å². The largest absolute Gasteiger partial charge is 0.345 e. The summed E-state index contributed by atoms with van der Waals surface area (Å²) in [6.45, 7) is 7.97. The minimum absolute atomic E-state index is 0.198. The molecule has 4 nitrogen and oxygen atoms in total. The quantitative estimate of drug-likeness (QED) is 0.941. The number of nitrogens with one attached hydrogen (secondary N) is 1. The summed E-state index contributed by atoms with van der Waals surface area (Å²) < 4.78 is 0. The van der Waals surface area contributed by atoms with E-state index in [0.29, 0.717) is 12.3 Å². The van der Waals surface area contributed by atoms with E-state index in [-0.39, 0.29) is 11.8 Å². The Morgan fingerprint density at radius 1 is 1.52 bits per heavy atom. The van der Waals surface area contributed by atoms with Crippen LogP contribution >= 0.6 is 11.3 Å². The van der Waals surface area contributed by atoms with E-state index in [4.69, 9.17) is 4.98 Å². The first-order valence-electron chi connectivity index (χ1n) is 7.42. The van der Waals surface area contributed by atoms with E-state index in [0.717, 1.165) is 30.3 Å². The van der Waals surface area contributed by atoms with Crippen molar-refractivity contribution in [2.45, 2.75) is 33.1 Å². The average Bonchev–Trinajstić information content (AvgIpc) is 3.10. The lowest BCUT2D eigenvalue weighted by Crippen LogP contribution is -2.29. The van der Waals surface area contributed by atoms with Crippen LogP contribution in [0.3, 0.4) is 0 Å². The number of thiophene rings is 1.